The highest BCUT2D eigenvalue weighted by Crippen LogP contribution is 2.48. The van der Waals surface area contributed by atoms with Gasteiger partial charge in [0.1, 0.15) is 11.4 Å². The number of nitrogens with zero attached hydrogens (tertiary/aromatic N) is 1. The topological polar surface area (TPSA) is 83.5 Å². The summed E-state index contributed by atoms with van der Waals surface area (Å²) in [6.45, 7) is 8.26. The number of halogens is 2. The van der Waals surface area contributed by atoms with Gasteiger partial charge in [-0.05, 0) is 72.9 Å². The molecule has 0 unspecified atom stereocenters. The highest BCUT2D eigenvalue weighted by molar-refractivity contribution is 6.30. The molecule has 3 atom stereocenters. The number of aromatic nitrogens is 1. The quantitative estimate of drug-likeness (QED) is 0.463. The van der Waals surface area contributed by atoms with Crippen LogP contribution in [0.25, 0.3) is 0 Å². The Morgan fingerprint density at radius 3 is 2.64 bits per heavy atom. The van der Waals surface area contributed by atoms with Gasteiger partial charge in [0.2, 0.25) is 11.8 Å². The van der Waals surface area contributed by atoms with E-state index in [4.69, 9.17) is 16.3 Å². The van der Waals surface area contributed by atoms with Crippen LogP contribution in [0.2, 0.25) is 5.02 Å². The molecular weight excluding hydrogens is 481 g/mol. The molecule has 8 heteroatoms. The van der Waals surface area contributed by atoms with Crippen molar-refractivity contribution in [1.82, 2.24) is 15.6 Å². The molecule has 1 aliphatic carbocycles. The summed E-state index contributed by atoms with van der Waals surface area (Å²) in [5.74, 6) is -0.0457. The SMILES string of the molecule is CC(=O)N[C@@H](Cc1cc(F)cc(Cl)c1)[C@@H](O)CN[C@H]1CC2(CCC2)Oc2ncc(CC(C)(C)C)cc21. The standard InChI is InChI=1S/C28H37ClFN3O3/c1-17(34)33-23(11-18-8-20(29)12-21(30)9-18)25(35)16-31-24-14-28(6-5-7-28)36-26-22(24)10-19(15-32-26)13-27(2,3)4/h8-10,12,15,23-25,31,35H,5-7,11,13-14,16H2,1-4H3,(H,33,34)/t23-,24-,25-/m0/s1. The average molecular weight is 518 g/mol. The van der Waals surface area contributed by atoms with Crippen molar-refractivity contribution < 1.29 is 19.0 Å². The number of aliphatic hydroxyl groups excluding tert-OH is 1. The molecule has 0 saturated heterocycles. The second kappa shape index (κ2) is 10.6. The minimum atomic E-state index is -0.898. The van der Waals surface area contributed by atoms with Crippen molar-refractivity contribution in [3.05, 3.63) is 58.0 Å². The molecule has 0 radical (unpaired) electrons. The lowest BCUT2D eigenvalue weighted by molar-refractivity contribution is -0.120. The summed E-state index contributed by atoms with van der Waals surface area (Å²) in [5.41, 5.74) is 2.70. The molecule has 6 nitrogen and oxygen atoms in total. The molecule has 1 saturated carbocycles. The lowest BCUT2D eigenvalue weighted by atomic mass is 9.73. The van der Waals surface area contributed by atoms with E-state index >= 15 is 0 Å². The average Bonchev–Trinajstić information content (AvgIpc) is 2.73. The number of benzene rings is 1. The zero-order valence-electron chi connectivity index (χ0n) is 21.5. The van der Waals surface area contributed by atoms with Gasteiger partial charge in [0.15, 0.2) is 0 Å². The second-order valence-electron chi connectivity index (χ2n) is 11.6. The Hall–Kier alpha value is -2.22. The van der Waals surface area contributed by atoms with Crippen molar-refractivity contribution in [3.8, 4) is 5.88 Å². The van der Waals surface area contributed by atoms with Crippen LogP contribution in [0, 0.1) is 11.2 Å². The Balaban J connectivity index is 1.51. The minimum Gasteiger partial charge on any atom is -0.471 e. The van der Waals surface area contributed by atoms with Crippen molar-refractivity contribution in [2.24, 2.45) is 5.41 Å². The first-order valence-electron chi connectivity index (χ1n) is 12.7. The molecule has 4 rings (SSSR count). The lowest BCUT2D eigenvalue weighted by Crippen LogP contribution is -2.52. The van der Waals surface area contributed by atoms with Gasteiger partial charge in [-0.25, -0.2) is 9.37 Å². The fourth-order valence-electron chi connectivity index (χ4n) is 5.28. The maximum absolute atomic E-state index is 13.9. The van der Waals surface area contributed by atoms with Gasteiger partial charge in [0.25, 0.3) is 0 Å². The number of rotatable bonds is 8. The fraction of sp³-hybridized carbons (Fsp3) is 0.571. The summed E-state index contributed by atoms with van der Waals surface area (Å²) in [6, 6.07) is 5.79. The normalized spacial score (nSPS) is 20.1. The van der Waals surface area contributed by atoms with Gasteiger partial charge in [-0.1, -0.05) is 32.4 Å². The molecule has 36 heavy (non-hydrogen) atoms. The number of aliphatic hydroxyl groups is 1. The van der Waals surface area contributed by atoms with Crippen LogP contribution in [0.5, 0.6) is 5.88 Å². The van der Waals surface area contributed by atoms with Gasteiger partial charge in [0.05, 0.1) is 12.1 Å². The number of fused-ring (bicyclic) bond motifs is 1. The van der Waals surface area contributed by atoms with E-state index in [0.29, 0.717) is 11.4 Å². The monoisotopic (exact) mass is 517 g/mol. The first kappa shape index (κ1) is 26.8. The molecule has 196 valence electrons. The number of pyridine rings is 1. The van der Waals surface area contributed by atoms with Gasteiger partial charge in [-0.3, -0.25) is 4.79 Å². The van der Waals surface area contributed by atoms with E-state index in [1.54, 1.807) is 6.07 Å². The molecular formula is C28H37ClFN3O3. The number of hydrogen-bond acceptors (Lipinski definition) is 5. The number of nitrogens with one attached hydrogen (secondary N) is 2. The molecule has 3 N–H and O–H groups in total. The molecule has 1 aliphatic heterocycles. The molecule has 2 aromatic rings. The van der Waals surface area contributed by atoms with Crippen LogP contribution in [0.15, 0.2) is 30.5 Å². The highest BCUT2D eigenvalue weighted by Gasteiger charge is 2.46. The summed E-state index contributed by atoms with van der Waals surface area (Å²) >= 11 is 6.01. The van der Waals surface area contributed by atoms with E-state index in [2.05, 4.69) is 42.5 Å². The highest BCUT2D eigenvalue weighted by atomic mass is 35.5. The molecule has 0 bridgehead atoms. The number of hydrogen-bond donors (Lipinski definition) is 3. The van der Waals surface area contributed by atoms with E-state index in [0.717, 1.165) is 43.2 Å². The smallest absolute Gasteiger partial charge is 0.218 e. The van der Waals surface area contributed by atoms with Crippen LogP contribution in [-0.4, -0.2) is 40.3 Å². The predicted octanol–water partition coefficient (Wildman–Crippen LogP) is 4.91. The summed E-state index contributed by atoms with van der Waals surface area (Å²) in [7, 11) is 0. The first-order chi connectivity index (χ1) is 16.9. The maximum Gasteiger partial charge on any atom is 0.218 e. The van der Waals surface area contributed by atoms with Crippen molar-refractivity contribution in [2.45, 2.75) is 90.0 Å². The van der Waals surface area contributed by atoms with E-state index in [1.807, 2.05) is 6.20 Å². The van der Waals surface area contributed by atoms with Gasteiger partial charge in [-0.15, -0.1) is 0 Å². The van der Waals surface area contributed by atoms with Crippen molar-refractivity contribution in [2.75, 3.05) is 6.54 Å². The molecule has 1 aromatic carbocycles. The summed E-state index contributed by atoms with van der Waals surface area (Å²) in [6.07, 6.45) is 6.09. The molecule has 1 amide bonds. The van der Waals surface area contributed by atoms with Gasteiger partial charge >= 0.3 is 0 Å². The lowest BCUT2D eigenvalue weighted by Gasteiger charge is -2.47. The fourth-order valence-corrected chi connectivity index (χ4v) is 5.52. The van der Waals surface area contributed by atoms with Crippen molar-refractivity contribution in [1.29, 1.82) is 0 Å². The number of carbonyl (C=O) groups is 1. The zero-order valence-corrected chi connectivity index (χ0v) is 22.3. The van der Waals surface area contributed by atoms with Crippen LogP contribution in [0.4, 0.5) is 4.39 Å². The van der Waals surface area contributed by atoms with E-state index in [1.165, 1.54) is 19.1 Å². The third-order valence-electron chi connectivity index (χ3n) is 7.00. The maximum atomic E-state index is 13.9. The second-order valence-corrected chi connectivity index (χ2v) is 12.1. The van der Waals surface area contributed by atoms with E-state index in [-0.39, 0.29) is 41.0 Å². The summed E-state index contributed by atoms with van der Waals surface area (Å²) in [5, 5.41) is 17.7. The summed E-state index contributed by atoms with van der Waals surface area (Å²) < 4.78 is 20.2. The third-order valence-corrected chi connectivity index (χ3v) is 7.22. The molecule has 1 aromatic heterocycles. The van der Waals surface area contributed by atoms with Crippen LogP contribution >= 0.6 is 11.6 Å². The zero-order chi connectivity index (χ0) is 26.1. The van der Waals surface area contributed by atoms with Crippen LogP contribution in [0.3, 0.4) is 0 Å². The van der Waals surface area contributed by atoms with E-state index < -0.39 is 18.0 Å². The first-order valence-corrected chi connectivity index (χ1v) is 13.1. The molecule has 2 heterocycles. The molecule has 2 aliphatic rings. The van der Waals surface area contributed by atoms with Gasteiger partial charge in [-0.2, -0.15) is 0 Å². The van der Waals surface area contributed by atoms with Gasteiger partial charge < -0.3 is 20.5 Å². The Bertz CT molecular complexity index is 1080. The van der Waals surface area contributed by atoms with Crippen LogP contribution in [-0.2, 0) is 17.6 Å². The Labute approximate surface area is 218 Å². The van der Waals surface area contributed by atoms with Gasteiger partial charge in [0, 0.05) is 42.7 Å². The molecule has 1 fully saturated rings. The van der Waals surface area contributed by atoms with Crippen LogP contribution < -0.4 is 15.4 Å². The number of amides is 1. The Morgan fingerprint density at radius 2 is 2.03 bits per heavy atom. The largest absolute Gasteiger partial charge is 0.471 e. The minimum absolute atomic E-state index is 0.0299. The summed E-state index contributed by atoms with van der Waals surface area (Å²) in [4.78, 5) is 16.5. The number of ether oxygens (including phenoxy) is 1. The third kappa shape index (κ3) is 6.75. The van der Waals surface area contributed by atoms with Crippen LogP contribution in [0.1, 0.15) is 76.1 Å². The Kier molecular flexibility index (Phi) is 7.93. The molecule has 1 spiro atoms. The van der Waals surface area contributed by atoms with Crippen molar-refractivity contribution in [3.63, 3.8) is 0 Å². The predicted molar refractivity (Wildman–Crippen MR) is 139 cm³/mol. The Morgan fingerprint density at radius 1 is 1.28 bits per heavy atom. The van der Waals surface area contributed by atoms with Crippen molar-refractivity contribution >= 4 is 17.5 Å². The van der Waals surface area contributed by atoms with E-state index in [9.17, 15) is 14.3 Å². The number of carbonyl (C=O) groups excluding carboxylic acids is 1.